The summed E-state index contributed by atoms with van der Waals surface area (Å²) in [5.74, 6) is 0.192. The molecule has 0 radical (unpaired) electrons. The maximum Gasteiger partial charge on any atom is 0.276 e. The Bertz CT molecular complexity index is 706. The number of piperidine rings is 1. The van der Waals surface area contributed by atoms with Crippen LogP contribution in [0.2, 0.25) is 0 Å². The normalized spacial score (nSPS) is 17.0. The highest BCUT2D eigenvalue weighted by atomic mass is 35.5. The monoisotopic (exact) mass is 381 g/mol. The van der Waals surface area contributed by atoms with E-state index in [9.17, 15) is 9.18 Å². The molecule has 142 valence electrons. The van der Waals surface area contributed by atoms with Crippen molar-refractivity contribution in [3.05, 3.63) is 47.5 Å². The number of benzene rings is 1. The van der Waals surface area contributed by atoms with Gasteiger partial charge in [-0.15, -0.1) is 17.5 Å². The number of carbonyl (C=O) groups excluding carboxylic acids is 1. The first kappa shape index (κ1) is 20.3. The predicted molar refractivity (Wildman–Crippen MR) is 99.7 cm³/mol. The Morgan fingerprint density at radius 1 is 1.31 bits per heavy atom. The molecule has 1 unspecified atom stereocenters. The number of amides is 1. The van der Waals surface area contributed by atoms with Crippen LogP contribution in [0.1, 0.15) is 35.3 Å². The Hall–Kier alpha value is -1.99. The second-order valence-corrected chi connectivity index (χ2v) is 6.58. The number of rotatable bonds is 6. The number of halogens is 2. The molecular weight excluding hydrogens is 357 g/mol. The van der Waals surface area contributed by atoms with Crippen LogP contribution >= 0.6 is 12.4 Å². The van der Waals surface area contributed by atoms with Gasteiger partial charge in [0.2, 0.25) is 0 Å². The molecule has 0 bridgehead atoms. The molecule has 1 saturated heterocycles. The standard InChI is InChI=1S/C18H24FN5O.ClH/c19-16-7-5-14(6-8-16)3-4-15-2-1-10-23(12-15)18(25)17-13-24(11-9-20)22-21-17;/h5-8,13,15H,1-4,9-12,20H2;1H. The van der Waals surface area contributed by atoms with Gasteiger partial charge in [0.15, 0.2) is 5.69 Å². The molecule has 0 aliphatic carbocycles. The van der Waals surface area contributed by atoms with Crippen molar-refractivity contribution < 1.29 is 9.18 Å². The quantitative estimate of drug-likeness (QED) is 0.832. The lowest BCUT2D eigenvalue weighted by molar-refractivity contribution is 0.0662. The summed E-state index contributed by atoms with van der Waals surface area (Å²) in [6.45, 7) is 2.52. The first-order chi connectivity index (χ1) is 12.2. The molecule has 2 aromatic rings. The molecule has 1 aromatic carbocycles. The molecule has 1 amide bonds. The van der Waals surface area contributed by atoms with Crippen LogP contribution in [0.15, 0.2) is 30.5 Å². The average molecular weight is 382 g/mol. The molecule has 8 heteroatoms. The van der Waals surface area contributed by atoms with E-state index in [2.05, 4.69) is 10.3 Å². The zero-order valence-corrected chi connectivity index (χ0v) is 15.5. The van der Waals surface area contributed by atoms with Gasteiger partial charge in [-0.1, -0.05) is 17.3 Å². The van der Waals surface area contributed by atoms with Crippen LogP contribution in [-0.4, -0.2) is 45.4 Å². The summed E-state index contributed by atoms with van der Waals surface area (Å²) in [5, 5.41) is 7.90. The largest absolute Gasteiger partial charge is 0.337 e. The molecule has 6 nitrogen and oxygen atoms in total. The van der Waals surface area contributed by atoms with Crippen molar-refractivity contribution in [3.63, 3.8) is 0 Å². The smallest absolute Gasteiger partial charge is 0.276 e. The highest BCUT2D eigenvalue weighted by Gasteiger charge is 2.26. The van der Waals surface area contributed by atoms with E-state index in [4.69, 9.17) is 5.73 Å². The van der Waals surface area contributed by atoms with Gasteiger partial charge in [-0.25, -0.2) is 4.39 Å². The van der Waals surface area contributed by atoms with Crippen LogP contribution in [0.3, 0.4) is 0 Å². The van der Waals surface area contributed by atoms with E-state index in [-0.39, 0.29) is 24.1 Å². The van der Waals surface area contributed by atoms with Gasteiger partial charge in [0, 0.05) is 19.6 Å². The number of likely N-dealkylation sites (tertiary alicyclic amines) is 1. The molecule has 1 fully saturated rings. The molecule has 1 aromatic heterocycles. The van der Waals surface area contributed by atoms with E-state index in [1.54, 1.807) is 10.9 Å². The minimum Gasteiger partial charge on any atom is -0.337 e. The van der Waals surface area contributed by atoms with E-state index >= 15 is 0 Å². The molecule has 1 atom stereocenters. The fraction of sp³-hybridized carbons (Fsp3) is 0.500. The van der Waals surface area contributed by atoms with Crippen molar-refractivity contribution >= 4 is 18.3 Å². The Labute approximate surface area is 159 Å². The lowest BCUT2D eigenvalue weighted by Crippen LogP contribution is -2.40. The van der Waals surface area contributed by atoms with Crippen molar-refractivity contribution in [1.29, 1.82) is 0 Å². The fourth-order valence-corrected chi connectivity index (χ4v) is 3.31. The van der Waals surface area contributed by atoms with Crippen LogP contribution in [0.25, 0.3) is 0 Å². The van der Waals surface area contributed by atoms with Gasteiger partial charge in [0.05, 0.1) is 12.7 Å². The maximum absolute atomic E-state index is 13.0. The second-order valence-electron chi connectivity index (χ2n) is 6.58. The van der Waals surface area contributed by atoms with Crippen molar-refractivity contribution in [1.82, 2.24) is 19.9 Å². The van der Waals surface area contributed by atoms with E-state index < -0.39 is 0 Å². The number of hydrogen-bond acceptors (Lipinski definition) is 4. The number of hydrogen-bond donors (Lipinski definition) is 1. The van der Waals surface area contributed by atoms with Crippen molar-refractivity contribution in [2.75, 3.05) is 19.6 Å². The fourth-order valence-electron chi connectivity index (χ4n) is 3.31. The van der Waals surface area contributed by atoms with Crippen molar-refractivity contribution in [3.8, 4) is 0 Å². The summed E-state index contributed by atoms with van der Waals surface area (Å²) in [5.41, 5.74) is 7.01. The van der Waals surface area contributed by atoms with Gasteiger partial charge in [0.1, 0.15) is 5.82 Å². The average Bonchev–Trinajstić information content (AvgIpc) is 3.10. The zero-order chi connectivity index (χ0) is 17.6. The van der Waals surface area contributed by atoms with E-state index in [0.717, 1.165) is 44.3 Å². The number of nitrogens with two attached hydrogens (primary N) is 1. The topological polar surface area (TPSA) is 77.0 Å². The number of aromatic nitrogens is 3. The van der Waals surface area contributed by atoms with Crippen molar-refractivity contribution in [2.24, 2.45) is 11.7 Å². The summed E-state index contributed by atoms with van der Waals surface area (Å²) in [6, 6.07) is 6.65. The minimum absolute atomic E-state index is 0. The molecule has 2 heterocycles. The van der Waals surface area contributed by atoms with Gasteiger partial charge in [0.25, 0.3) is 5.91 Å². The van der Waals surface area contributed by atoms with Crippen LogP contribution in [0.4, 0.5) is 4.39 Å². The van der Waals surface area contributed by atoms with Crippen LogP contribution in [0.5, 0.6) is 0 Å². The molecule has 0 saturated carbocycles. The molecule has 2 N–H and O–H groups in total. The molecule has 1 aliphatic heterocycles. The highest BCUT2D eigenvalue weighted by molar-refractivity contribution is 5.92. The third-order valence-electron chi connectivity index (χ3n) is 4.68. The molecule has 1 aliphatic rings. The van der Waals surface area contributed by atoms with E-state index in [1.807, 2.05) is 17.0 Å². The first-order valence-corrected chi connectivity index (χ1v) is 8.79. The molecule has 26 heavy (non-hydrogen) atoms. The SMILES string of the molecule is Cl.NCCn1cc(C(=O)N2CCCC(CCc3ccc(F)cc3)C2)nn1. The maximum atomic E-state index is 13.0. The molecular formula is C18H25ClFN5O. The van der Waals surface area contributed by atoms with Gasteiger partial charge in [-0.2, -0.15) is 0 Å². The summed E-state index contributed by atoms with van der Waals surface area (Å²) in [6.07, 6.45) is 5.67. The zero-order valence-electron chi connectivity index (χ0n) is 14.7. The predicted octanol–water partition coefficient (Wildman–Crippen LogP) is 2.28. The Morgan fingerprint density at radius 2 is 2.08 bits per heavy atom. The lowest BCUT2D eigenvalue weighted by Gasteiger charge is -2.32. The van der Waals surface area contributed by atoms with Gasteiger partial charge >= 0.3 is 0 Å². The van der Waals surface area contributed by atoms with E-state index in [0.29, 0.717) is 24.7 Å². The lowest BCUT2D eigenvalue weighted by atomic mass is 9.91. The molecule has 0 spiro atoms. The van der Waals surface area contributed by atoms with Crippen LogP contribution in [0, 0.1) is 11.7 Å². The third kappa shape index (κ3) is 5.25. The minimum atomic E-state index is -0.208. The second kappa shape index (κ2) is 9.64. The molecule has 3 rings (SSSR count). The highest BCUT2D eigenvalue weighted by Crippen LogP contribution is 2.22. The number of nitrogens with zero attached hydrogens (tertiary/aromatic N) is 4. The van der Waals surface area contributed by atoms with Crippen LogP contribution in [-0.2, 0) is 13.0 Å². The Morgan fingerprint density at radius 3 is 2.81 bits per heavy atom. The summed E-state index contributed by atoms with van der Waals surface area (Å²) in [7, 11) is 0. The number of carbonyl (C=O) groups is 1. The van der Waals surface area contributed by atoms with Gasteiger partial charge < -0.3 is 10.6 Å². The van der Waals surface area contributed by atoms with Gasteiger partial charge in [-0.05, 0) is 49.3 Å². The first-order valence-electron chi connectivity index (χ1n) is 8.79. The third-order valence-corrected chi connectivity index (χ3v) is 4.68. The van der Waals surface area contributed by atoms with Gasteiger partial charge in [-0.3, -0.25) is 9.48 Å². The Balaban J connectivity index is 0.00000243. The van der Waals surface area contributed by atoms with E-state index in [1.165, 1.54) is 12.1 Å². The van der Waals surface area contributed by atoms with Crippen molar-refractivity contribution in [2.45, 2.75) is 32.2 Å². The number of aryl methyl sites for hydroxylation is 1. The van der Waals surface area contributed by atoms with Crippen LogP contribution < -0.4 is 5.73 Å². The summed E-state index contributed by atoms with van der Waals surface area (Å²) >= 11 is 0. The summed E-state index contributed by atoms with van der Waals surface area (Å²) in [4.78, 5) is 14.5. The Kier molecular flexibility index (Phi) is 7.53. The summed E-state index contributed by atoms with van der Waals surface area (Å²) < 4.78 is 14.6.